The van der Waals surface area contributed by atoms with Gasteiger partial charge in [0.1, 0.15) is 0 Å². The second kappa shape index (κ2) is 8.73. The Balaban J connectivity index is 1.60. The van der Waals surface area contributed by atoms with Crippen LogP contribution >= 0.6 is 27.7 Å². The molecule has 0 radical (unpaired) electrons. The summed E-state index contributed by atoms with van der Waals surface area (Å²) in [5.74, 6) is 2.06. The molecule has 4 heteroatoms. The van der Waals surface area contributed by atoms with E-state index in [1.54, 1.807) is 0 Å². The molecule has 1 amide bonds. The van der Waals surface area contributed by atoms with Crippen LogP contribution in [0.4, 0.5) is 0 Å². The van der Waals surface area contributed by atoms with Crippen LogP contribution < -0.4 is 5.32 Å². The van der Waals surface area contributed by atoms with Crippen molar-refractivity contribution in [3.63, 3.8) is 0 Å². The van der Waals surface area contributed by atoms with Crippen molar-refractivity contribution in [3.8, 4) is 0 Å². The molecule has 0 aliphatic heterocycles. The maximum absolute atomic E-state index is 11.9. The fourth-order valence-corrected chi connectivity index (χ4v) is 4.07. The molecule has 0 heterocycles. The number of amides is 1. The molecule has 0 atom stereocenters. The molecule has 2 rings (SSSR count). The monoisotopic (exact) mass is 355 g/mol. The van der Waals surface area contributed by atoms with E-state index in [0.717, 1.165) is 28.8 Å². The van der Waals surface area contributed by atoms with Crippen LogP contribution in [0.15, 0.2) is 28.7 Å². The van der Waals surface area contributed by atoms with Crippen molar-refractivity contribution in [1.29, 1.82) is 0 Å². The lowest BCUT2D eigenvalue weighted by atomic mass is 9.95. The van der Waals surface area contributed by atoms with Gasteiger partial charge < -0.3 is 5.32 Å². The first-order valence-corrected chi connectivity index (χ1v) is 9.31. The van der Waals surface area contributed by atoms with Gasteiger partial charge in [0.25, 0.3) is 0 Å². The van der Waals surface area contributed by atoms with E-state index in [1.165, 1.54) is 24.8 Å². The van der Waals surface area contributed by atoms with E-state index in [-0.39, 0.29) is 5.91 Å². The van der Waals surface area contributed by atoms with Crippen LogP contribution in [0.1, 0.15) is 44.1 Å². The van der Waals surface area contributed by atoms with Gasteiger partial charge in [0, 0.05) is 28.4 Å². The largest absolute Gasteiger partial charge is 0.353 e. The summed E-state index contributed by atoms with van der Waals surface area (Å²) < 4.78 is 1.15. The molecular formula is C16H22BrNOS. The highest BCUT2D eigenvalue weighted by atomic mass is 79.9. The van der Waals surface area contributed by atoms with Gasteiger partial charge in [-0.2, -0.15) is 11.8 Å². The third kappa shape index (κ3) is 5.49. The Morgan fingerprint density at radius 1 is 1.25 bits per heavy atom. The zero-order valence-corrected chi connectivity index (χ0v) is 14.1. The van der Waals surface area contributed by atoms with E-state index in [9.17, 15) is 4.79 Å². The molecule has 0 spiro atoms. The molecule has 2 nitrogen and oxygen atoms in total. The standard InChI is InChI=1S/C16H22BrNOS/c17-15-9-5-4-6-13(15)12-20-11-10-16(19)18-14-7-2-1-3-8-14/h4-6,9,14H,1-3,7-8,10-12H2,(H,18,19). The fourth-order valence-electron chi connectivity index (χ4n) is 2.51. The summed E-state index contributed by atoms with van der Waals surface area (Å²) in [7, 11) is 0. The minimum Gasteiger partial charge on any atom is -0.353 e. The first-order valence-electron chi connectivity index (χ1n) is 7.36. The van der Waals surface area contributed by atoms with Crippen LogP contribution in [0, 0.1) is 0 Å². The van der Waals surface area contributed by atoms with Crippen molar-refractivity contribution in [1.82, 2.24) is 5.32 Å². The summed E-state index contributed by atoms with van der Waals surface area (Å²) in [5.41, 5.74) is 1.30. The Kier molecular flexibility index (Phi) is 6.94. The van der Waals surface area contributed by atoms with Gasteiger partial charge in [-0.05, 0) is 24.5 Å². The van der Waals surface area contributed by atoms with Gasteiger partial charge in [-0.1, -0.05) is 53.4 Å². The van der Waals surface area contributed by atoms with E-state index in [4.69, 9.17) is 0 Å². The predicted octanol–water partition coefficient (Wildman–Crippen LogP) is 4.52. The lowest BCUT2D eigenvalue weighted by molar-refractivity contribution is -0.121. The van der Waals surface area contributed by atoms with E-state index >= 15 is 0 Å². The first-order chi connectivity index (χ1) is 9.75. The second-order valence-corrected chi connectivity index (χ2v) is 7.26. The van der Waals surface area contributed by atoms with Crippen LogP contribution in [0.2, 0.25) is 0 Å². The molecule has 110 valence electrons. The number of benzene rings is 1. The molecule has 1 N–H and O–H groups in total. The number of hydrogen-bond donors (Lipinski definition) is 1. The third-order valence-corrected chi connectivity index (χ3v) is 5.44. The molecule has 1 aliphatic rings. The minimum absolute atomic E-state index is 0.219. The van der Waals surface area contributed by atoms with Crippen molar-refractivity contribution < 1.29 is 4.79 Å². The van der Waals surface area contributed by atoms with E-state index in [2.05, 4.69) is 39.4 Å². The van der Waals surface area contributed by atoms with Gasteiger partial charge in [-0.25, -0.2) is 0 Å². The van der Waals surface area contributed by atoms with E-state index in [1.807, 2.05) is 17.8 Å². The first kappa shape index (κ1) is 15.9. The molecule has 20 heavy (non-hydrogen) atoms. The maximum Gasteiger partial charge on any atom is 0.221 e. The number of carbonyl (C=O) groups is 1. The summed E-state index contributed by atoms with van der Waals surface area (Å²) >= 11 is 5.37. The SMILES string of the molecule is O=C(CCSCc1ccccc1Br)NC1CCCCC1. The Hall–Kier alpha value is -0.480. The number of carbonyl (C=O) groups excluding carboxylic acids is 1. The summed E-state index contributed by atoms with van der Waals surface area (Å²) in [4.78, 5) is 11.9. The van der Waals surface area contributed by atoms with Gasteiger partial charge in [0.2, 0.25) is 5.91 Å². The number of hydrogen-bond acceptors (Lipinski definition) is 2. The molecular weight excluding hydrogens is 334 g/mol. The van der Waals surface area contributed by atoms with Crippen molar-refractivity contribution in [2.45, 2.75) is 50.3 Å². The molecule has 0 saturated heterocycles. The van der Waals surface area contributed by atoms with Crippen LogP contribution in [-0.4, -0.2) is 17.7 Å². The molecule has 0 aromatic heterocycles. The Labute approximate surface area is 134 Å². The Morgan fingerprint density at radius 2 is 2.00 bits per heavy atom. The van der Waals surface area contributed by atoms with Crippen LogP contribution in [0.3, 0.4) is 0 Å². The average Bonchev–Trinajstić information content (AvgIpc) is 2.46. The zero-order valence-electron chi connectivity index (χ0n) is 11.7. The lowest BCUT2D eigenvalue weighted by Gasteiger charge is -2.22. The highest BCUT2D eigenvalue weighted by molar-refractivity contribution is 9.10. The van der Waals surface area contributed by atoms with Gasteiger partial charge in [0.15, 0.2) is 0 Å². The Bertz CT molecular complexity index is 432. The zero-order chi connectivity index (χ0) is 14.2. The Morgan fingerprint density at radius 3 is 2.75 bits per heavy atom. The molecule has 0 bridgehead atoms. The quantitative estimate of drug-likeness (QED) is 0.760. The van der Waals surface area contributed by atoms with Crippen LogP contribution in [0.5, 0.6) is 0 Å². The predicted molar refractivity (Wildman–Crippen MR) is 89.9 cm³/mol. The topological polar surface area (TPSA) is 29.1 Å². The van der Waals surface area contributed by atoms with Crippen molar-refractivity contribution >= 4 is 33.6 Å². The maximum atomic E-state index is 11.9. The molecule has 1 aromatic carbocycles. The fraction of sp³-hybridized carbons (Fsp3) is 0.562. The smallest absolute Gasteiger partial charge is 0.221 e. The number of nitrogens with one attached hydrogen (secondary N) is 1. The van der Waals surface area contributed by atoms with Gasteiger partial charge in [-0.3, -0.25) is 4.79 Å². The van der Waals surface area contributed by atoms with Gasteiger partial charge in [0.05, 0.1) is 0 Å². The molecule has 1 aromatic rings. The summed E-state index contributed by atoms with van der Waals surface area (Å²) in [5, 5.41) is 3.17. The number of rotatable bonds is 6. The number of thioether (sulfide) groups is 1. The lowest BCUT2D eigenvalue weighted by Crippen LogP contribution is -2.36. The summed E-state index contributed by atoms with van der Waals surface area (Å²) in [6.07, 6.45) is 6.81. The average molecular weight is 356 g/mol. The molecule has 1 fully saturated rings. The molecule has 0 unspecified atom stereocenters. The second-order valence-electron chi connectivity index (χ2n) is 5.30. The van der Waals surface area contributed by atoms with Crippen LogP contribution in [0.25, 0.3) is 0 Å². The summed E-state index contributed by atoms with van der Waals surface area (Å²) in [6, 6.07) is 8.70. The minimum atomic E-state index is 0.219. The van der Waals surface area contributed by atoms with Crippen molar-refractivity contribution in [2.24, 2.45) is 0 Å². The highest BCUT2D eigenvalue weighted by Gasteiger charge is 2.15. The van der Waals surface area contributed by atoms with E-state index < -0.39 is 0 Å². The van der Waals surface area contributed by atoms with Crippen molar-refractivity contribution in [2.75, 3.05) is 5.75 Å². The van der Waals surface area contributed by atoms with Gasteiger partial charge >= 0.3 is 0 Å². The normalized spacial score (nSPS) is 16.1. The van der Waals surface area contributed by atoms with Crippen LogP contribution in [-0.2, 0) is 10.5 Å². The van der Waals surface area contributed by atoms with E-state index in [0.29, 0.717) is 12.5 Å². The van der Waals surface area contributed by atoms with Crippen molar-refractivity contribution in [3.05, 3.63) is 34.3 Å². The number of halogens is 1. The summed E-state index contributed by atoms with van der Waals surface area (Å²) in [6.45, 7) is 0. The third-order valence-electron chi connectivity index (χ3n) is 3.66. The molecule has 1 saturated carbocycles. The van der Waals surface area contributed by atoms with Gasteiger partial charge in [-0.15, -0.1) is 0 Å². The highest BCUT2D eigenvalue weighted by Crippen LogP contribution is 2.22. The molecule has 1 aliphatic carbocycles.